The summed E-state index contributed by atoms with van der Waals surface area (Å²) in [6.45, 7) is 0. The number of hydrogen-bond acceptors (Lipinski definition) is 1. The van der Waals surface area contributed by atoms with E-state index in [2.05, 4.69) is 15.9 Å². The molecule has 0 heterocycles. The Balaban J connectivity index is 2.33. The van der Waals surface area contributed by atoms with Crippen LogP contribution in [-0.4, -0.2) is 11.1 Å². The fraction of sp³-hybridized carbons (Fsp3) is 0.133. The summed E-state index contributed by atoms with van der Waals surface area (Å²) >= 11 is 9.28. The molecule has 0 aromatic heterocycles. The molecule has 1 unspecified atom stereocenters. The predicted octanol–water partition coefficient (Wildman–Crippen LogP) is 4.65. The molecule has 0 amide bonds. The van der Waals surface area contributed by atoms with Gasteiger partial charge in [0.05, 0.1) is 5.92 Å². The molecular formula is C15H11BrClFO2. The van der Waals surface area contributed by atoms with Crippen molar-refractivity contribution in [2.45, 2.75) is 12.3 Å². The molecule has 0 aliphatic rings. The Morgan fingerprint density at radius 2 is 2.05 bits per heavy atom. The van der Waals surface area contributed by atoms with Crippen LogP contribution in [0.3, 0.4) is 0 Å². The van der Waals surface area contributed by atoms with Gasteiger partial charge in [-0.2, -0.15) is 0 Å². The lowest BCUT2D eigenvalue weighted by atomic mass is 9.92. The second-order valence-corrected chi connectivity index (χ2v) is 5.71. The topological polar surface area (TPSA) is 37.3 Å². The molecule has 1 N–H and O–H groups in total. The van der Waals surface area contributed by atoms with Crippen molar-refractivity contribution in [3.63, 3.8) is 0 Å². The van der Waals surface area contributed by atoms with E-state index in [0.29, 0.717) is 11.1 Å². The van der Waals surface area contributed by atoms with Crippen molar-refractivity contribution in [3.8, 4) is 0 Å². The summed E-state index contributed by atoms with van der Waals surface area (Å²) in [6, 6.07) is 11.1. The first kappa shape index (κ1) is 15.0. The van der Waals surface area contributed by atoms with Crippen LogP contribution in [0.15, 0.2) is 46.9 Å². The van der Waals surface area contributed by atoms with Crippen molar-refractivity contribution in [3.05, 3.63) is 68.9 Å². The Bertz CT molecular complexity index is 646. The summed E-state index contributed by atoms with van der Waals surface area (Å²) < 4.78 is 13.8. The molecule has 0 radical (unpaired) electrons. The number of carboxylic acids is 1. The summed E-state index contributed by atoms with van der Waals surface area (Å²) in [6.07, 6.45) is 0.213. The number of aliphatic carboxylic acids is 1. The van der Waals surface area contributed by atoms with E-state index in [1.165, 1.54) is 18.2 Å². The zero-order chi connectivity index (χ0) is 14.7. The highest BCUT2D eigenvalue weighted by Gasteiger charge is 2.21. The molecule has 20 heavy (non-hydrogen) atoms. The largest absolute Gasteiger partial charge is 0.481 e. The van der Waals surface area contributed by atoms with Gasteiger partial charge in [0.25, 0.3) is 0 Å². The Morgan fingerprint density at radius 3 is 2.65 bits per heavy atom. The van der Waals surface area contributed by atoms with Gasteiger partial charge in [0.15, 0.2) is 0 Å². The Hall–Kier alpha value is -1.39. The van der Waals surface area contributed by atoms with Gasteiger partial charge in [-0.15, -0.1) is 0 Å². The van der Waals surface area contributed by atoms with Gasteiger partial charge in [-0.1, -0.05) is 45.7 Å². The number of halogens is 3. The first-order valence-electron chi connectivity index (χ1n) is 5.89. The highest BCUT2D eigenvalue weighted by Crippen LogP contribution is 2.27. The summed E-state index contributed by atoms with van der Waals surface area (Å²) in [5.74, 6) is -2.10. The second kappa shape index (κ2) is 6.37. The van der Waals surface area contributed by atoms with E-state index in [0.717, 1.165) is 4.47 Å². The van der Waals surface area contributed by atoms with E-state index < -0.39 is 17.7 Å². The monoisotopic (exact) mass is 356 g/mol. The van der Waals surface area contributed by atoms with Gasteiger partial charge in [0.2, 0.25) is 0 Å². The van der Waals surface area contributed by atoms with Gasteiger partial charge < -0.3 is 5.11 Å². The Labute approximate surface area is 129 Å². The number of benzene rings is 2. The molecule has 0 fully saturated rings. The third-order valence-corrected chi connectivity index (χ3v) is 3.83. The Kier molecular flexibility index (Phi) is 4.78. The normalized spacial score (nSPS) is 12.2. The molecule has 0 saturated carbocycles. The second-order valence-electron chi connectivity index (χ2n) is 4.39. The van der Waals surface area contributed by atoms with Crippen molar-refractivity contribution >= 4 is 33.5 Å². The molecule has 2 aromatic rings. The summed E-state index contributed by atoms with van der Waals surface area (Å²) in [5, 5.41) is 9.63. The fourth-order valence-electron chi connectivity index (χ4n) is 1.98. The molecule has 1 atom stereocenters. The Morgan fingerprint density at radius 1 is 1.30 bits per heavy atom. The van der Waals surface area contributed by atoms with Gasteiger partial charge in [-0.25, -0.2) is 4.39 Å². The van der Waals surface area contributed by atoms with Crippen LogP contribution in [-0.2, 0) is 11.2 Å². The van der Waals surface area contributed by atoms with E-state index in [9.17, 15) is 14.3 Å². The van der Waals surface area contributed by atoms with Crippen LogP contribution in [0.1, 0.15) is 17.0 Å². The molecule has 2 aromatic carbocycles. The maximum absolute atomic E-state index is 13.0. The van der Waals surface area contributed by atoms with E-state index in [4.69, 9.17) is 11.6 Å². The quantitative estimate of drug-likeness (QED) is 0.864. The lowest BCUT2D eigenvalue weighted by Crippen LogP contribution is -2.14. The minimum Gasteiger partial charge on any atom is -0.481 e. The van der Waals surface area contributed by atoms with E-state index in [1.54, 1.807) is 18.2 Å². The van der Waals surface area contributed by atoms with Crippen LogP contribution in [0.2, 0.25) is 5.02 Å². The highest BCUT2D eigenvalue weighted by atomic mass is 79.9. The van der Waals surface area contributed by atoms with Gasteiger partial charge >= 0.3 is 5.97 Å². The average Bonchev–Trinajstić information content (AvgIpc) is 2.37. The van der Waals surface area contributed by atoms with Gasteiger partial charge in [-0.05, 0) is 41.8 Å². The molecule has 5 heteroatoms. The van der Waals surface area contributed by atoms with Crippen molar-refractivity contribution in [1.82, 2.24) is 0 Å². The maximum Gasteiger partial charge on any atom is 0.311 e. The van der Waals surface area contributed by atoms with Crippen LogP contribution < -0.4 is 0 Å². The van der Waals surface area contributed by atoms with E-state index >= 15 is 0 Å². The minimum atomic E-state index is -0.941. The average molecular weight is 358 g/mol. The molecule has 0 saturated heterocycles. The minimum absolute atomic E-state index is 0.213. The van der Waals surface area contributed by atoms with Crippen LogP contribution in [0.25, 0.3) is 0 Å². The maximum atomic E-state index is 13.0. The predicted molar refractivity (Wildman–Crippen MR) is 79.6 cm³/mol. The highest BCUT2D eigenvalue weighted by molar-refractivity contribution is 9.10. The SMILES string of the molecule is O=C(O)C(Cc1ccc(F)cc1Cl)c1cccc(Br)c1. The smallest absolute Gasteiger partial charge is 0.311 e. The lowest BCUT2D eigenvalue weighted by molar-refractivity contribution is -0.138. The van der Waals surface area contributed by atoms with E-state index in [1.807, 2.05) is 6.07 Å². The number of hydrogen-bond donors (Lipinski definition) is 1. The third-order valence-electron chi connectivity index (χ3n) is 2.99. The van der Waals surface area contributed by atoms with Crippen LogP contribution in [0.5, 0.6) is 0 Å². The first-order chi connectivity index (χ1) is 9.47. The third kappa shape index (κ3) is 3.58. The van der Waals surface area contributed by atoms with Crippen LogP contribution >= 0.6 is 27.5 Å². The molecule has 0 bridgehead atoms. The van der Waals surface area contributed by atoms with E-state index in [-0.39, 0.29) is 11.4 Å². The number of carboxylic acid groups (broad SMARTS) is 1. The van der Waals surface area contributed by atoms with Crippen LogP contribution in [0, 0.1) is 5.82 Å². The fourth-order valence-corrected chi connectivity index (χ4v) is 2.64. The van der Waals surface area contributed by atoms with Gasteiger partial charge in [0, 0.05) is 9.50 Å². The standard InChI is InChI=1S/C15H11BrClFO2/c16-11-3-1-2-9(6-11)13(15(19)20)7-10-4-5-12(18)8-14(10)17/h1-6,8,13H,7H2,(H,19,20). The molecular weight excluding hydrogens is 347 g/mol. The molecule has 2 nitrogen and oxygen atoms in total. The number of rotatable bonds is 4. The zero-order valence-corrected chi connectivity index (χ0v) is 12.7. The summed E-state index contributed by atoms with van der Waals surface area (Å²) in [4.78, 5) is 11.5. The first-order valence-corrected chi connectivity index (χ1v) is 7.06. The molecule has 0 aliphatic carbocycles. The van der Waals surface area contributed by atoms with Gasteiger partial charge in [-0.3, -0.25) is 4.79 Å². The van der Waals surface area contributed by atoms with Crippen molar-refractivity contribution < 1.29 is 14.3 Å². The molecule has 0 spiro atoms. The summed E-state index contributed by atoms with van der Waals surface area (Å²) in [7, 11) is 0. The lowest BCUT2D eigenvalue weighted by Gasteiger charge is -2.14. The van der Waals surface area contributed by atoms with Crippen molar-refractivity contribution in [2.75, 3.05) is 0 Å². The molecule has 104 valence electrons. The van der Waals surface area contributed by atoms with Crippen molar-refractivity contribution in [1.29, 1.82) is 0 Å². The van der Waals surface area contributed by atoms with Crippen molar-refractivity contribution in [2.24, 2.45) is 0 Å². The molecule has 0 aliphatic heterocycles. The van der Waals surface area contributed by atoms with Crippen LogP contribution in [0.4, 0.5) is 4.39 Å². The summed E-state index contributed by atoms with van der Waals surface area (Å²) in [5.41, 5.74) is 1.28. The zero-order valence-electron chi connectivity index (χ0n) is 10.3. The molecule has 2 rings (SSSR count). The van der Waals surface area contributed by atoms with Gasteiger partial charge in [0.1, 0.15) is 5.82 Å². The number of carbonyl (C=O) groups is 1.